The molecule has 0 fully saturated rings. The number of hydrogen-bond acceptors (Lipinski definition) is 2. The van der Waals surface area contributed by atoms with Gasteiger partial charge in [0.1, 0.15) is 0 Å². The molecule has 0 aromatic rings. The van der Waals surface area contributed by atoms with Crippen LogP contribution in [0.1, 0.15) is 19.8 Å². The molecule has 0 unspecified atom stereocenters. The van der Waals surface area contributed by atoms with E-state index in [1.807, 2.05) is 0 Å². The Labute approximate surface area is 151 Å². The summed E-state index contributed by atoms with van der Waals surface area (Å²) >= 11 is 0. The fourth-order valence-corrected chi connectivity index (χ4v) is 51.7. The normalized spacial score (nSPS) is 15.9. The van der Waals surface area contributed by atoms with Crippen LogP contribution in [-0.2, 0) is 0 Å². The lowest BCUT2D eigenvalue weighted by Gasteiger charge is -2.64. The fraction of sp³-hybridized carbons (Fsp3) is 1.00. The second kappa shape index (κ2) is 7.80. The average Bonchev–Trinajstić information content (AvgIpc) is 2.31. The SMILES string of the molecule is CCCC[Si](N=[N+]=[N-])(N=[N+]=[N-])C([Si](C)(C)C)([Si](C)(C)C)[Si](C)(C)C. The minimum atomic E-state index is -2.90. The second-order valence-electron chi connectivity index (χ2n) is 9.80. The third-order valence-electron chi connectivity index (χ3n) is 5.27. The van der Waals surface area contributed by atoms with Crippen molar-refractivity contribution in [3.63, 3.8) is 0 Å². The maximum Gasteiger partial charge on any atom is 0.253 e. The lowest BCUT2D eigenvalue weighted by Crippen LogP contribution is -2.76. The summed E-state index contributed by atoms with van der Waals surface area (Å²) in [7, 11) is -8.34. The Hall–Kier alpha value is -0.512. The van der Waals surface area contributed by atoms with Gasteiger partial charge in [0.25, 0.3) is 8.40 Å². The Bertz CT molecular complexity index is 477. The number of unbranched alkanes of at least 4 members (excludes halogenated alkanes) is 1. The summed E-state index contributed by atoms with van der Waals surface area (Å²) in [4.78, 5) is 6.55. The molecule has 24 heavy (non-hydrogen) atoms. The van der Waals surface area contributed by atoms with E-state index in [-0.39, 0.29) is 3.91 Å². The Kier molecular flexibility index (Phi) is 7.63. The highest BCUT2D eigenvalue weighted by Crippen LogP contribution is 2.61. The van der Waals surface area contributed by atoms with Gasteiger partial charge in [-0.15, -0.1) is 9.56 Å². The van der Waals surface area contributed by atoms with Crippen molar-refractivity contribution in [1.82, 2.24) is 0 Å². The second-order valence-corrected chi connectivity index (χ2v) is 31.8. The van der Waals surface area contributed by atoms with E-state index in [4.69, 9.17) is 0 Å². The molecule has 0 aliphatic carbocycles. The Balaban J connectivity index is 7.30. The van der Waals surface area contributed by atoms with Gasteiger partial charge in [0.05, 0.1) is 0 Å². The summed E-state index contributed by atoms with van der Waals surface area (Å²) in [5.41, 5.74) is 18.9. The minimum absolute atomic E-state index is 0.00632. The molecule has 0 radical (unpaired) electrons. The van der Waals surface area contributed by atoms with Crippen LogP contribution in [0.15, 0.2) is 9.56 Å². The molecule has 0 spiro atoms. The highest BCUT2D eigenvalue weighted by atomic mass is 28.5. The van der Waals surface area contributed by atoms with Gasteiger partial charge >= 0.3 is 0 Å². The van der Waals surface area contributed by atoms with Crippen LogP contribution in [0.3, 0.4) is 0 Å². The molecule has 0 N–H and O–H groups in total. The molecular formula is C14H36N6Si4. The molecule has 0 aliphatic heterocycles. The molecule has 0 rings (SSSR count). The summed E-state index contributed by atoms with van der Waals surface area (Å²) < 4.78 is 8.91. The fourth-order valence-electron chi connectivity index (χ4n) is 6.21. The van der Waals surface area contributed by atoms with E-state index in [2.05, 4.69) is 85.2 Å². The molecule has 0 heterocycles. The molecule has 0 aliphatic rings. The average molecular weight is 401 g/mol. The van der Waals surface area contributed by atoms with Crippen molar-refractivity contribution in [1.29, 1.82) is 0 Å². The molecular weight excluding hydrogens is 365 g/mol. The van der Waals surface area contributed by atoms with Crippen molar-refractivity contribution in [2.45, 2.75) is 88.6 Å². The van der Waals surface area contributed by atoms with E-state index in [1.165, 1.54) is 0 Å². The first-order chi connectivity index (χ1) is 10.7. The van der Waals surface area contributed by atoms with Crippen LogP contribution < -0.4 is 0 Å². The van der Waals surface area contributed by atoms with Crippen LogP contribution in [0.5, 0.6) is 0 Å². The summed E-state index contributed by atoms with van der Waals surface area (Å²) in [5, 5.41) is 0. The summed E-state index contributed by atoms with van der Waals surface area (Å²) in [5.74, 6) is 0. The van der Waals surface area contributed by atoms with Crippen molar-refractivity contribution in [2.75, 3.05) is 0 Å². The Morgan fingerprint density at radius 2 is 1.08 bits per heavy atom. The summed E-state index contributed by atoms with van der Waals surface area (Å²) in [6.07, 6.45) is 1.99. The number of nitrogens with zero attached hydrogens (tertiary/aromatic N) is 6. The van der Waals surface area contributed by atoms with Gasteiger partial charge in [0.15, 0.2) is 0 Å². The van der Waals surface area contributed by atoms with Gasteiger partial charge in [-0.25, -0.2) is 0 Å². The van der Waals surface area contributed by atoms with E-state index < -0.39 is 32.6 Å². The first-order valence-corrected chi connectivity index (χ1v) is 21.4. The standard InChI is InChI=1S/C14H36N6Si4/c1-11-12-13-24(19-17-15,20-18-16)14(21(2,3)4,22(5,6)7)23(8,9)10/h11-13H2,1-10H3. The van der Waals surface area contributed by atoms with Crippen molar-refractivity contribution in [3.8, 4) is 0 Å². The first-order valence-electron chi connectivity index (χ1n) is 8.81. The van der Waals surface area contributed by atoms with E-state index in [9.17, 15) is 11.1 Å². The van der Waals surface area contributed by atoms with Crippen LogP contribution in [0.25, 0.3) is 20.9 Å². The molecule has 0 bridgehead atoms. The molecule has 0 amide bonds. The first kappa shape index (κ1) is 23.5. The largest absolute Gasteiger partial charge is 0.253 e. The van der Waals surface area contributed by atoms with Crippen molar-refractivity contribution in [3.05, 3.63) is 20.9 Å². The predicted molar refractivity (Wildman–Crippen MR) is 116 cm³/mol. The minimum Gasteiger partial charge on any atom is -0.117 e. The monoisotopic (exact) mass is 400 g/mol. The Morgan fingerprint density at radius 1 is 0.750 bits per heavy atom. The van der Waals surface area contributed by atoms with E-state index in [0.717, 1.165) is 18.9 Å². The molecule has 138 valence electrons. The third kappa shape index (κ3) is 3.84. The molecule has 0 aromatic heterocycles. The van der Waals surface area contributed by atoms with Gasteiger partial charge in [-0.2, -0.15) is 0 Å². The highest BCUT2D eigenvalue weighted by Gasteiger charge is 2.70. The van der Waals surface area contributed by atoms with Crippen molar-refractivity contribution < 1.29 is 0 Å². The van der Waals surface area contributed by atoms with E-state index in [0.29, 0.717) is 0 Å². The molecule has 0 saturated carbocycles. The van der Waals surface area contributed by atoms with Crippen LogP contribution in [0.4, 0.5) is 0 Å². The summed E-state index contributed by atoms with van der Waals surface area (Å²) in [6.45, 7) is 23.7. The molecule has 0 atom stereocenters. The topological polar surface area (TPSA) is 97.5 Å². The zero-order chi connectivity index (χ0) is 19.4. The lowest BCUT2D eigenvalue weighted by molar-refractivity contribution is 0.849. The van der Waals surface area contributed by atoms with Gasteiger partial charge in [-0.1, -0.05) is 78.7 Å². The number of azide groups is 1. The molecule has 10 heteroatoms. The maximum atomic E-state index is 9.44. The van der Waals surface area contributed by atoms with Crippen LogP contribution in [-0.4, -0.2) is 32.6 Å². The van der Waals surface area contributed by atoms with Gasteiger partial charge in [0.2, 0.25) is 0 Å². The zero-order valence-electron chi connectivity index (χ0n) is 17.3. The number of hydrogen-bond donors (Lipinski definition) is 0. The summed E-state index contributed by atoms with van der Waals surface area (Å²) in [6, 6.07) is 0.788. The third-order valence-corrected chi connectivity index (χ3v) is 39.0. The number of rotatable bonds is 9. The van der Waals surface area contributed by atoms with Gasteiger partial charge < -0.3 is 0 Å². The lowest BCUT2D eigenvalue weighted by atomic mass is 10.4. The quantitative estimate of drug-likeness (QED) is 0.169. The smallest absolute Gasteiger partial charge is 0.117 e. The van der Waals surface area contributed by atoms with Gasteiger partial charge in [-0.3, -0.25) is 0 Å². The maximum absolute atomic E-state index is 9.44. The molecule has 6 nitrogen and oxygen atoms in total. The Morgan fingerprint density at radius 3 is 1.29 bits per heavy atom. The van der Waals surface area contributed by atoms with Gasteiger partial charge in [-0.05, 0) is 30.8 Å². The highest BCUT2D eigenvalue weighted by molar-refractivity contribution is 7.29. The van der Waals surface area contributed by atoms with Crippen LogP contribution >= 0.6 is 0 Å². The van der Waals surface area contributed by atoms with E-state index in [1.54, 1.807) is 0 Å². The predicted octanol–water partition coefficient (Wildman–Crippen LogP) is 7.22. The van der Waals surface area contributed by atoms with Crippen LogP contribution in [0.2, 0.25) is 68.9 Å². The van der Waals surface area contributed by atoms with Crippen LogP contribution in [0, 0.1) is 0 Å². The molecule has 0 aromatic carbocycles. The van der Waals surface area contributed by atoms with Crippen molar-refractivity contribution in [2.24, 2.45) is 9.56 Å². The van der Waals surface area contributed by atoms with Gasteiger partial charge in [0, 0.05) is 24.2 Å². The zero-order valence-corrected chi connectivity index (χ0v) is 21.3. The van der Waals surface area contributed by atoms with E-state index >= 15 is 0 Å². The molecule has 0 saturated heterocycles. The van der Waals surface area contributed by atoms with Crippen molar-refractivity contribution >= 4 is 32.6 Å².